The van der Waals surface area contributed by atoms with E-state index in [1.54, 1.807) is 0 Å². The van der Waals surface area contributed by atoms with Crippen LogP contribution in [0.2, 0.25) is 5.04 Å². The van der Waals surface area contributed by atoms with Crippen LogP contribution in [0.5, 0.6) is 0 Å². The highest BCUT2D eigenvalue weighted by Gasteiger charge is 2.50. The van der Waals surface area contributed by atoms with Crippen molar-refractivity contribution in [2.45, 2.75) is 52.7 Å². The second-order valence-corrected chi connectivity index (χ2v) is 12.0. The predicted molar refractivity (Wildman–Crippen MR) is 108 cm³/mol. The third-order valence-electron chi connectivity index (χ3n) is 4.35. The number of benzene rings is 2. The lowest BCUT2D eigenvalue weighted by molar-refractivity contribution is 0.251. The van der Waals surface area contributed by atoms with E-state index in [1.807, 2.05) is 0 Å². The van der Waals surface area contributed by atoms with Gasteiger partial charge in [0.1, 0.15) is 0 Å². The van der Waals surface area contributed by atoms with E-state index in [9.17, 15) is 0 Å². The van der Waals surface area contributed by atoms with Gasteiger partial charge in [0.25, 0.3) is 8.32 Å². The van der Waals surface area contributed by atoms with Crippen molar-refractivity contribution in [2.24, 2.45) is 0 Å². The van der Waals surface area contributed by atoms with Crippen LogP contribution in [0.15, 0.2) is 72.3 Å². The van der Waals surface area contributed by atoms with Gasteiger partial charge in [-0.05, 0) is 36.2 Å². The van der Waals surface area contributed by atoms with Gasteiger partial charge in [-0.15, -0.1) is 0 Å². The van der Waals surface area contributed by atoms with Crippen LogP contribution in [-0.2, 0) is 4.43 Å². The van der Waals surface area contributed by atoms with Crippen molar-refractivity contribution in [1.82, 2.24) is 0 Å². The highest BCUT2D eigenvalue weighted by molar-refractivity contribution is 6.99. The van der Waals surface area contributed by atoms with E-state index in [2.05, 4.69) is 108 Å². The van der Waals surface area contributed by atoms with E-state index < -0.39 is 8.32 Å². The molecule has 0 aliphatic heterocycles. The summed E-state index contributed by atoms with van der Waals surface area (Å²) in [5.41, 5.74) is 1.29. The third kappa shape index (κ3) is 3.88. The maximum atomic E-state index is 6.95. The van der Waals surface area contributed by atoms with Crippen molar-refractivity contribution in [3.05, 3.63) is 72.3 Å². The molecule has 2 heteroatoms. The summed E-state index contributed by atoms with van der Waals surface area (Å²) < 4.78 is 6.95. The molecule has 0 radical (unpaired) electrons. The van der Waals surface area contributed by atoms with E-state index in [1.165, 1.54) is 15.9 Å². The van der Waals surface area contributed by atoms with Gasteiger partial charge in [-0.3, -0.25) is 0 Å². The number of hydrogen-bond donors (Lipinski definition) is 0. The molecule has 0 aliphatic rings. The Hall–Kier alpha value is -1.64. The second-order valence-electron chi connectivity index (χ2n) is 7.73. The van der Waals surface area contributed by atoms with E-state index in [4.69, 9.17) is 4.43 Å². The summed E-state index contributed by atoms with van der Waals surface area (Å²) in [5.74, 6) is 0. The minimum atomic E-state index is -2.42. The fourth-order valence-electron chi connectivity index (χ4n) is 3.47. The van der Waals surface area contributed by atoms with Crippen molar-refractivity contribution in [3.8, 4) is 0 Å². The van der Waals surface area contributed by atoms with Gasteiger partial charge >= 0.3 is 0 Å². The van der Waals surface area contributed by atoms with Crippen LogP contribution < -0.4 is 10.4 Å². The Morgan fingerprint density at radius 3 is 1.62 bits per heavy atom. The molecule has 0 unspecified atom stereocenters. The summed E-state index contributed by atoms with van der Waals surface area (Å²) in [7, 11) is -2.42. The van der Waals surface area contributed by atoms with Crippen LogP contribution in [0.1, 0.15) is 41.5 Å². The van der Waals surface area contributed by atoms with Gasteiger partial charge in [-0.2, -0.15) is 0 Å². The Morgan fingerprint density at radius 1 is 0.875 bits per heavy atom. The highest BCUT2D eigenvalue weighted by atomic mass is 28.4. The monoisotopic (exact) mass is 338 g/mol. The lowest BCUT2D eigenvalue weighted by Crippen LogP contribution is -2.67. The summed E-state index contributed by atoms with van der Waals surface area (Å²) in [6.45, 7) is 13.4. The fourth-order valence-corrected chi connectivity index (χ4v) is 8.11. The van der Waals surface area contributed by atoms with Crippen molar-refractivity contribution < 1.29 is 4.43 Å². The molecule has 2 aromatic rings. The predicted octanol–water partition coefficient (Wildman–Crippen LogP) is 4.92. The molecule has 0 saturated heterocycles. The van der Waals surface area contributed by atoms with Crippen molar-refractivity contribution in [1.29, 1.82) is 0 Å². The van der Waals surface area contributed by atoms with Crippen LogP contribution in [-0.4, -0.2) is 14.4 Å². The average molecular weight is 339 g/mol. The molecule has 0 fully saturated rings. The lowest BCUT2D eigenvalue weighted by Gasteiger charge is -2.44. The Kier molecular flexibility index (Phi) is 5.84. The topological polar surface area (TPSA) is 9.23 Å². The first-order valence-corrected chi connectivity index (χ1v) is 10.6. The minimum Gasteiger partial charge on any atom is -0.401 e. The molecule has 2 rings (SSSR count). The van der Waals surface area contributed by atoms with Gasteiger partial charge in [0.15, 0.2) is 0 Å². The summed E-state index contributed by atoms with van der Waals surface area (Å²) in [6, 6.07) is 21.6. The second kappa shape index (κ2) is 7.50. The summed E-state index contributed by atoms with van der Waals surface area (Å²) in [4.78, 5) is 0. The average Bonchev–Trinajstić information content (AvgIpc) is 2.52. The summed E-state index contributed by atoms with van der Waals surface area (Å²) in [5, 5.41) is 2.69. The van der Waals surface area contributed by atoms with Crippen LogP contribution in [0.4, 0.5) is 0 Å². The molecule has 0 bridgehead atoms. The molecule has 0 aromatic heterocycles. The van der Waals surface area contributed by atoms with Gasteiger partial charge in [-0.25, -0.2) is 0 Å². The smallest absolute Gasteiger partial charge is 0.261 e. The molecule has 128 valence electrons. The minimum absolute atomic E-state index is 0.0272. The molecule has 1 atom stereocenters. The lowest BCUT2D eigenvalue weighted by atomic mass is 10.2. The zero-order valence-corrected chi connectivity index (χ0v) is 16.8. The molecule has 0 saturated carbocycles. The van der Waals surface area contributed by atoms with Crippen LogP contribution in [0.25, 0.3) is 0 Å². The van der Waals surface area contributed by atoms with E-state index in [0.29, 0.717) is 0 Å². The molecule has 0 spiro atoms. The first kappa shape index (κ1) is 18.7. The largest absolute Gasteiger partial charge is 0.401 e. The maximum absolute atomic E-state index is 6.95. The number of hydrogen-bond acceptors (Lipinski definition) is 1. The fraction of sp³-hybridized carbons (Fsp3) is 0.364. The van der Waals surface area contributed by atoms with Crippen molar-refractivity contribution in [3.63, 3.8) is 0 Å². The molecule has 24 heavy (non-hydrogen) atoms. The molecule has 0 amide bonds. The van der Waals surface area contributed by atoms with Crippen molar-refractivity contribution >= 4 is 18.7 Å². The molecule has 0 N–H and O–H groups in total. The molecule has 0 aliphatic carbocycles. The third-order valence-corrected chi connectivity index (χ3v) is 9.48. The normalized spacial score (nSPS) is 13.4. The van der Waals surface area contributed by atoms with Gasteiger partial charge in [0.2, 0.25) is 0 Å². The quantitative estimate of drug-likeness (QED) is 0.555. The Morgan fingerprint density at radius 2 is 1.29 bits per heavy atom. The SMILES string of the molecule is CC(C)=C[C@H](C)O[Si](c1ccccc1)(c1ccccc1)C(C)(C)C. The zero-order chi connectivity index (χ0) is 17.8. The van der Waals surface area contributed by atoms with Gasteiger partial charge in [0, 0.05) is 0 Å². The molecule has 1 nitrogen and oxygen atoms in total. The Balaban J connectivity index is 2.68. The van der Waals surface area contributed by atoms with Crippen molar-refractivity contribution in [2.75, 3.05) is 0 Å². The van der Waals surface area contributed by atoms with Gasteiger partial charge < -0.3 is 4.43 Å². The molecular formula is C22H30OSi. The van der Waals surface area contributed by atoms with Gasteiger partial charge in [0.05, 0.1) is 6.10 Å². The number of allylic oxidation sites excluding steroid dienone is 1. The number of rotatable bonds is 5. The first-order chi connectivity index (χ1) is 11.3. The van der Waals surface area contributed by atoms with E-state index in [0.717, 1.165) is 0 Å². The Bertz CT molecular complexity index is 625. The highest BCUT2D eigenvalue weighted by Crippen LogP contribution is 2.37. The van der Waals surface area contributed by atoms with Crippen LogP contribution >= 0.6 is 0 Å². The standard InChI is InChI=1S/C22H30OSi/c1-18(2)17-19(3)23-24(22(4,5)6,20-13-9-7-10-14-20)21-15-11-8-12-16-21/h7-17,19H,1-6H3/t19-/m0/s1. The first-order valence-electron chi connectivity index (χ1n) is 8.71. The maximum Gasteiger partial charge on any atom is 0.261 e. The summed E-state index contributed by atoms with van der Waals surface area (Å²) in [6.07, 6.45) is 2.31. The zero-order valence-electron chi connectivity index (χ0n) is 15.8. The van der Waals surface area contributed by atoms with E-state index >= 15 is 0 Å². The van der Waals surface area contributed by atoms with Crippen LogP contribution in [0, 0.1) is 0 Å². The van der Waals surface area contributed by atoms with Crippen LogP contribution in [0.3, 0.4) is 0 Å². The molecule has 0 heterocycles. The molecular weight excluding hydrogens is 308 g/mol. The summed E-state index contributed by atoms with van der Waals surface area (Å²) >= 11 is 0. The Labute approximate surface area is 148 Å². The van der Waals surface area contributed by atoms with E-state index in [-0.39, 0.29) is 11.1 Å². The van der Waals surface area contributed by atoms with Gasteiger partial charge in [-0.1, -0.05) is 93.1 Å². The molecule has 2 aromatic carbocycles.